The summed E-state index contributed by atoms with van der Waals surface area (Å²) in [5.74, 6) is 0. The summed E-state index contributed by atoms with van der Waals surface area (Å²) in [4.78, 5) is 0. The lowest BCUT2D eigenvalue weighted by molar-refractivity contribution is 0.384. The van der Waals surface area contributed by atoms with Crippen LogP contribution >= 0.6 is 0 Å². The number of allylic oxidation sites excluding steroid dienone is 1. The van der Waals surface area contributed by atoms with Gasteiger partial charge in [-0.2, -0.15) is 0 Å². The average Bonchev–Trinajstić information content (AvgIpc) is 3.07. The zero-order valence-electron chi connectivity index (χ0n) is 10.7. The van der Waals surface area contributed by atoms with E-state index in [1.165, 1.54) is 64.2 Å². The second-order valence-electron chi connectivity index (χ2n) is 5.32. The molecule has 0 radical (unpaired) electrons. The second-order valence-corrected chi connectivity index (χ2v) is 5.32. The highest BCUT2D eigenvalue weighted by Crippen LogP contribution is 2.40. The van der Waals surface area contributed by atoms with Gasteiger partial charge in [0.05, 0.1) is 6.10 Å². The molecule has 92 valence electrons. The van der Waals surface area contributed by atoms with Crippen molar-refractivity contribution in [3.8, 4) is 0 Å². The minimum Gasteiger partial charge on any atom is -0.365 e. The number of unbranched alkanes of at least 4 members (excludes halogenated alkanes) is 6. The van der Waals surface area contributed by atoms with Gasteiger partial charge in [0.1, 0.15) is 6.10 Å². The average molecular weight is 222 g/mol. The van der Waals surface area contributed by atoms with Crippen LogP contribution in [0.2, 0.25) is 0 Å². The molecule has 0 amide bonds. The standard InChI is InChI=1S/C15H26O/c1-2-3-4-5-6-7-8-10-13-11-9-12-14-15(13)16-14/h10,14-15H,2-9,11-12H2,1H3/b13-10+/t14-,15+/m0/s1. The minimum atomic E-state index is 0.550. The van der Waals surface area contributed by atoms with E-state index in [2.05, 4.69) is 13.0 Å². The maximum Gasteiger partial charge on any atom is 0.105 e. The van der Waals surface area contributed by atoms with Gasteiger partial charge in [-0.1, -0.05) is 45.1 Å². The molecule has 2 fully saturated rings. The molecule has 1 heteroatoms. The summed E-state index contributed by atoms with van der Waals surface area (Å²) in [5.41, 5.74) is 1.62. The third kappa shape index (κ3) is 3.62. The van der Waals surface area contributed by atoms with Gasteiger partial charge in [0, 0.05) is 0 Å². The number of hydrogen-bond acceptors (Lipinski definition) is 1. The number of ether oxygens (including phenoxy) is 1. The van der Waals surface area contributed by atoms with Crippen LogP contribution in [0.25, 0.3) is 0 Å². The number of hydrogen-bond donors (Lipinski definition) is 0. The van der Waals surface area contributed by atoms with E-state index in [1.54, 1.807) is 5.57 Å². The lowest BCUT2D eigenvalue weighted by Gasteiger charge is -2.08. The Labute approximate surface area is 100 Å². The van der Waals surface area contributed by atoms with Gasteiger partial charge < -0.3 is 4.74 Å². The van der Waals surface area contributed by atoms with Crippen molar-refractivity contribution >= 4 is 0 Å². The number of rotatable bonds is 7. The molecule has 2 rings (SSSR count). The molecule has 0 aromatic rings. The summed E-state index contributed by atoms with van der Waals surface area (Å²) >= 11 is 0. The quantitative estimate of drug-likeness (QED) is 0.348. The highest BCUT2D eigenvalue weighted by atomic mass is 16.6. The van der Waals surface area contributed by atoms with Crippen LogP contribution in [-0.4, -0.2) is 12.2 Å². The van der Waals surface area contributed by atoms with E-state index in [0.29, 0.717) is 12.2 Å². The Bertz CT molecular complexity index is 232. The fraction of sp³-hybridized carbons (Fsp3) is 0.867. The summed E-state index contributed by atoms with van der Waals surface area (Å²) in [6.07, 6.45) is 17.3. The van der Waals surface area contributed by atoms with Crippen LogP contribution in [0.1, 0.15) is 71.1 Å². The Morgan fingerprint density at radius 2 is 2.00 bits per heavy atom. The molecule has 1 aliphatic heterocycles. The molecule has 16 heavy (non-hydrogen) atoms. The molecule has 0 spiro atoms. The molecule has 0 bridgehead atoms. The van der Waals surface area contributed by atoms with Crippen molar-refractivity contribution in [3.05, 3.63) is 11.6 Å². The van der Waals surface area contributed by atoms with Gasteiger partial charge in [-0.15, -0.1) is 0 Å². The van der Waals surface area contributed by atoms with Crippen molar-refractivity contribution < 1.29 is 4.74 Å². The molecule has 1 nitrogen and oxygen atoms in total. The van der Waals surface area contributed by atoms with Crippen LogP contribution in [-0.2, 0) is 4.74 Å². The first kappa shape index (κ1) is 12.2. The number of epoxide rings is 1. The van der Waals surface area contributed by atoms with E-state index in [9.17, 15) is 0 Å². The van der Waals surface area contributed by atoms with Crippen molar-refractivity contribution in [2.45, 2.75) is 83.3 Å². The van der Waals surface area contributed by atoms with Crippen LogP contribution < -0.4 is 0 Å². The molecule has 1 saturated heterocycles. The van der Waals surface area contributed by atoms with Gasteiger partial charge in [0.15, 0.2) is 0 Å². The van der Waals surface area contributed by atoms with Crippen LogP contribution in [0.3, 0.4) is 0 Å². The predicted molar refractivity (Wildman–Crippen MR) is 68.6 cm³/mol. The lowest BCUT2D eigenvalue weighted by atomic mass is 9.94. The highest BCUT2D eigenvalue weighted by Gasteiger charge is 2.43. The molecule has 0 aromatic heterocycles. The third-order valence-corrected chi connectivity index (χ3v) is 3.87. The molecule has 2 atom stereocenters. The van der Waals surface area contributed by atoms with E-state index in [4.69, 9.17) is 4.74 Å². The SMILES string of the molecule is CCCCCCCC/C=C1\CCC[C@@H]2O[C@H]12. The Hall–Kier alpha value is -0.300. The van der Waals surface area contributed by atoms with Crippen LogP contribution in [0, 0.1) is 0 Å². The van der Waals surface area contributed by atoms with E-state index in [-0.39, 0.29) is 0 Å². The molecule has 1 aliphatic carbocycles. The summed E-state index contributed by atoms with van der Waals surface area (Å²) < 4.78 is 5.63. The van der Waals surface area contributed by atoms with Crippen molar-refractivity contribution in [2.24, 2.45) is 0 Å². The molecule has 0 unspecified atom stereocenters. The molecule has 0 aromatic carbocycles. The van der Waals surface area contributed by atoms with Crippen LogP contribution in [0.5, 0.6) is 0 Å². The van der Waals surface area contributed by atoms with Crippen LogP contribution in [0.15, 0.2) is 11.6 Å². The predicted octanol–water partition coefficient (Wildman–Crippen LogP) is 4.61. The summed E-state index contributed by atoms with van der Waals surface area (Å²) in [7, 11) is 0. The lowest BCUT2D eigenvalue weighted by Crippen LogP contribution is -2.05. The maximum atomic E-state index is 5.63. The zero-order chi connectivity index (χ0) is 11.2. The first-order valence-electron chi connectivity index (χ1n) is 7.26. The third-order valence-electron chi connectivity index (χ3n) is 3.87. The summed E-state index contributed by atoms with van der Waals surface area (Å²) in [5, 5.41) is 0. The largest absolute Gasteiger partial charge is 0.365 e. The summed E-state index contributed by atoms with van der Waals surface area (Å²) in [6.45, 7) is 2.28. The fourth-order valence-corrected chi connectivity index (χ4v) is 2.77. The van der Waals surface area contributed by atoms with Gasteiger partial charge in [0.25, 0.3) is 0 Å². The molecular weight excluding hydrogens is 196 g/mol. The highest BCUT2D eigenvalue weighted by molar-refractivity contribution is 5.19. The Morgan fingerprint density at radius 1 is 1.19 bits per heavy atom. The molecule has 1 heterocycles. The van der Waals surface area contributed by atoms with Gasteiger partial charge in [-0.3, -0.25) is 0 Å². The number of fused-ring (bicyclic) bond motifs is 1. The minimum absolute atomic E-state index is 0.550. The molecular formula is C15H26O. The Morgan fingerprint density at radius 3 is 2.88 bits per heavy atom. The second kappa shape index (κ2) is 6.44. The molecule has 1 saturated carbocycles. The summed E-state index contributed by atoms with van der Waals surface area (Å²) in [6, 6.07) is 0. The maximum absolute atomic E-state index is 5.63. The van der Waals surface area contributed by atoms with Crippen LogP contribution in [0.4, 0.5) is 0 Å². The van der Waals surface area contributed by atoms with E-state index < -0.39 is 0 Å². The topological polar surface area (TPSA) is 12.5 Å². The molecule has 0 N–H and O–H groups in total. The normalized spacial score (nSPS) is 30.4. The fourth-order valence-electron chi connectivity index (χ4n) is 2.77. The smallest absolute Gasteiger partial charge is 0.105 e. The first-order valence-corrected chi connectivity index (χ1v) is 7.26. The van der Waals surface area contributed by atoms with Crippen molar-refractivity contribution in [2.75, 3.05) is 0 Å². The van der Waals surface area contributed by atoms with Gasteiger partial charge in [0.2, 0.25) is 0 Å². The van der Waals surface area contributed by atoms with Gasteiger partial charge in [-0.25, -0.2) is 0 Å². The Balaban J connectivity index is 1.52. The van der Waals surface area contributed by atoms with Crippen molar-refractivity contribution in [1.82, 2.24) is 0 Å². The molecule has 2 aliphatic rings. The van der Waals surface area contributed by atoms with Crippen molar-refractivity contribution in [1.29, 1.82) is 0 Å². The first-order chi connectivity index (χ1) is 7.92. The zero-order valence-corrected chi connectivity index (χ0v) is 10.7. The van der Waals surface area contributed by atoms with Gasteiger partial charge in [-0.05, 0) is 37.7 Å². The van der Waals surface area contributed by atoms with E-state index in [1.807, 2.05) is 0 Å². The monoisotopic (exact) mass is 222 g/mol. The van der Waals surface area contributed by atoms with E-state index in [0.717, 1.165) is 0 Å². The van der Waals surface area contributed by atoms with Gasteiger partial charge >= 0.3 is 0 Å². The van der Waals surface area contributed by atoms with E-state index >= 15 is 0 Å². The van der Waals surface area contributed by atoms with Crippen molar-refractivity contribution in [3.63, 3.8) is 0 Å². The Kier molecular flexibility index (Phi) is 4.90.